The topological polar surface area (TPSA) is 60.7 Å². The number of aliphatic hydroxyl groups is 3. The van der Waals surface area contributed by atoms with Crippen molar-refractivity contribution in [3.63, 3.8) is 0 Å². The van der Waals surface area contributed by atoms with Crippen LogP contribution in [0.5, 0.6) is 0 Å². The Morgan fingerprint density at radius 2 is 1.79 bits per heavy atom. The van der Waals surface area contributed by atoms with Gasteiger partial charge in [0, 0.05) is 5.41 Å². The van der Waals surface area contributed by atoms with Crippen molar-refractivity contribution in [2.24, 2.45) is 28.6 Å². The molecule has 0 aliphatic heterocycles. The molecule has 0 aromatic rings. The summed E-state index contributed by atoms with van der Waals surface area (Å²) in [6, 6.07) is 0. The standard InChI is InChI=1S/C21H34O3/c1-13(22)21(24)11-8-18-16-5-4-14-12-15(23)6-9-19(14,2)17(16)7-10-20(18,21)3/h5,13-15,17-18,22-24H,4,6-12H2,1-3H3/t13?,14-,15-,17?,18?,19+,20+,21+/m1/s1. The molecule has 0 radical (unpaired) electrons. The Balaban J connectivity index is 1.69. The van der Waals surface area contributed by atoms with Gasteiger partial charge in [0.15, 0.2) is 0 Å². The number of rotatable bonds is 1. The maximum atomic E-state index is 11.2. The second-order valence-electron chi connectivity index (χ2n) is 9.77. The fourth-order valence-corrected chi connectivity index (χ4v) is 7.23. The van der Waals surface area contributed by atoms with Crippen molar-refractivity contribution in [1.82, 2.24) is 0 Å². The highest BCUT2D eigenvalue weighted by Crippen LogP contribution is 2.67. The Morgan fingerprint density at radius 1 is 1.08 bits per heavy atom. The third kappa shape index (κ3) is 2.01. The minimum absolute atomic E-state index is 0.112. The van der Waals surface area contributed by atoms with E-state index in [9.17, 15) is 15.3 Å². The molecule has 3 unspecified atom stereocenters. The van der Waals surface area contributed by atoms with E-state index in [4.69, 9.17) is 0 Å². The van der Waals surface area contributed by atoms with Crippen LogP contribution in [0.25, 0.3) is 0 Å². The smallest absolute Gasteiger partial charge is 0.0961 e. The maximum absolute atomic E-state index is 11.2. The van der Waals surface area contributed by atoms with Crippen LogP contribution < -0.4 is 0 Å². The average molecular weight is 335 g/mol. The molecule has 0 saturated heterocycles. The molecule has 8 atom stereocenters. The second-order valence-corrected chi connectivity index (χ2v) is 9.77. The average Bonchev–Trinajstić information content (AvgIpc) is 2.81. The first-order valence-corrected chi connectivity index (χ1v) is 10.0. The molecule has 3 saturated carbocycles. The number of fused-ring (bicyclic) bond motifs is 5. The van der Waals surface area contributed by atoms with Crippen molar-refractivity contribution < 1.29 is 15.3 Å². The van der Waals surface area contributed by atoms with Crippen molar-refractivity contribution in [2.75, 3.05) is 0 Å². The van der Waals surface area contributed by atoms with Crippen LogP contribution in [0.1, 0.15) is 72.1 Å². The van der Waals surface area contributed by atoms with Crippen LogP contribution in [0.2, 0.25) is 0 Å². The van der Waals surface area contributed by atoms with E-state index in [1.165, 1.54) is 0 Å². The SMILES string of the molecule is CC(O)[C@@]1(O)CCC2C3=CC[C@@H]4C[C@H](O)CC[C@]4(C)C3CC[C@@]21C. The summed E-state index contributed by atoms with van der Waals surface area (Å²) in [6.07, 6.45) is 9.64. The van der Waals surface area contributed by atoms with E-state index < -0.39 is 11.7 Å². The summed E-state index contributed by atoms with van der Waals surface area (Å²) in [6.45, 7) is 6.43. The molecule has 4 aliphatic rings. The lowest BCUT2D eigenvalue weighted by molar-refractivity contribution is -0.152. The number of hydrogen-bond donors (Lipinski definition) is 3. The molecule has 3 N–H and O–H groups in total. The van der Waals surface area contributed by atoms with Crippen molar-refractivity contribution in [2.45, 2.75) is 89.9 Å². The number of hydrogen-bond acceptors (Lipinski definition) is 3. The molecule has 3 fully saturated rings. The largest absolute Gasteiger partial charge is 0.393 e. The van der Waals surface area contributed by atoms with Crippen LogP contribution in [-0.2, 0) is 0 Å². The minimum atomic E-state index is -0.940. The number of aliphatic hydroxyl groups excluding tert-OH is 2. The van der Waals surface area contributed by atoms with Crippen LogP contribution in [0.4, 0.5) is 0 Å². The zero-order valence-corrected chi connectivity index (χ0v) is 15.5. The zero-order chi connectivity index (χ0) is 17.3. The van der Waals surface area contributed by atoms with E-state index in [0.29, 0.717) is 23.2 Å². The van der Waals surface area contributed by atoms with Gasteiger partial charge in [-0.1, -0.05) is 25.5 Å². The van der Waals surface area contributed by atoms with Gasteiger partial charge in [0.2, 0.25) is 0 Å². The predicted octanol–water partition coefficient (Wildman–Crippen LogP) is 3.42. The lowest BCUT2D eigenvalue weighted by Gasteiger charge is -2.58. The fraction of sp³-hybridized carbons (Fsp3) is 0.905. The summed E-state index contributed by atoms with van der Waals surface area (Å²) >= 11 is 0. The van der Waals surface area contributed by atoms with Crippen LogP contribution in [0.3, 0.4) is 0 Å². The molecular formula is C21H34O3. The second kappa shape index (κ2) is 5.31. The molecule has 136 valence electrons. The summed E-state index contributed by atoms with van der Waals surface area (Å²) in [5.74, 6) is 1.63. The maximum Gasteiger partial charge on any atom is 0.0961 e. The van der Waals surface area contributed by atoms with E-state index >= 15 is 0 Å². The molecule has 0 aromatic carbocycles. The van der Waals surface area contributed by atoms with Gasteiger partial charge >= 0.3 is 0 Å². The molecule has 0 heterocycles. The lowest BCUT2D eigenvalue weighted by Crippen LogP contribution is -2.56. The first-order valence-electron chi connectivity index (χ1n) is 10.0. The molecule has 4 rings (SSSR count). The summed E-state index contributed by atoms with van der Waals surface area (Å²) in [5, 5.41) is 31.6. The van der Waals surface area contributed by atoms with Crippen LogP contribution in [0.15, 0.2) is 11.6 Å². The summed E-state index contributed by atoms with van der Waals surface area (Å²) in [5.41, 5.74) is 0.761. The van der Waals surface area contributed by atoms with Gasteiger partial charge < -0.3 is 15.3 Å². The van der Waals surface area contributed by atoms with Gasteiger partial charge in [-0.15, -0.1) is 0 Å². The van der Waals surface area contributed by atoms with E-state index in [2.05, 4.69) is 19.9 Å². The molecule has 0 aromatic heterocycles. The normalized spacial score (nSPS) is 55.2. The third-order valence-corrected chi connectivity index (χ3v) is 8.96. The Morgan fingerprint density at radius 3 is 2.50 bits per heavy atom. The van der Waals surface area contributed by atoms with Crippen molar-refractivity contribution in [3.8, 4) is 0 Å². The van der Waals surface area contributed by atoms with Gasteiger partial charge in [-0.25, -0.2) is 0 Å². The van der Waals surface area contributed by atoms with Gasteiger partial charge in [-0.3, -0.25) is 0 Å². The lowest BCUT2D eigenvalue weighted by atomic mass is 9.47. The van der Waals surface area contributed by atoms with E-state index in [1.54, 1.807) is 12.5 Å². The highest BCUT2D eigenvalue weighted by molar-refractivity contribution is 5.30. The van der Waals surface area contributed by atoms with Gasteiger partial charge in [-0.2, -0.15) is 0 Å². The predicted molar refractivity (Wildman–Crippen MR) is 94.3 cm³/mol. The minimum Gasteiger partial charge on any atom is -0.393 e. The third-order valence-electron chi connectivity index (χ3n) is 8.96. The summed E-state index contributed by atoms with van der Waals surface area (Å²) in [7, 11) is 0. The number of allylic oxidation sites excluding steroid dienone is 2. The Kier molecular flexibility index (Phi) is 3.77. The molecule has 24 heavy (non-hydrogen) atoms. The highest BCUT2D eigenvalue weighted by Gasteiger charge is 2.64. The monoisotopic (exact) mass is 334 g/mol. The van der Waals surface area contributed by atoms with Crippen molar-refractivity contribution in [3.05, 3.63) is 11.6 Å². The quantitative estimate of drug-likeness (QED) is 0.644. The molecule has 3 nitrogen and oxygen atoms in total. The summed E-state index contributed by atoms with van der Waals surface area (Å²) < 4.78 is 0. The Bertz CT molecular complexity index is 555. The van der Waals surface area contributed by atoms with E-state index in [1.807, 2.05) is 0 Å². The molecule has 0 bridgehead atoms. The highest BCUT2D eigenvalue weighted by atomic mass is 16.3. The molecule has 0 amide bonds. The molecule has 0 spiro atoms. The van der Waals surface area contributed by atoms with Crippen LogP contribution in [0, 0.1) is 28.6 Å². The van der Waals surface area contributed by atoms with Crippen molar-refractivity contribution >= 4 is 0 Å². The van der Waals surface area contributed by atoms with Gasteiger partial charge in [-0.05, 0) is 81.5 Å². The van der Waals surface area contributed by atoms with Crippen LogP contribution >= 0.6 is 0 Å². The summed E-state index contributed by atoms with van der Waals surface area (Å²) in [4.78, 5) is 0. The van der Waals surface area contributed by atoms with E-state index in [-0.39, 0.29) is 11.5 Å². The fourth-order valence-electron chi connectivity index (χ4n) is 7.23. The van der Waals surface area contributed by atoms with Crippen LogP contribution in [-0.4, -0.2) is 33.1 Å². The first-order chi connectivity index (χ1) is 11.2. The van der Waals surface area contributed by atoms with Crippen molar-refractivity contribution in [1.29, 1.82) is 0 Å². The zero-order valence-electron chi connectivity index (χ0n) is 15.5. The molecule has 4 aliphatic carbocycles. The molecular weight excluding hydrogens is 300 g/mol. The van der Waals surface area contributed by atoms with Gasteiger partial charge in [0.05, 0.1) is 17.8 Å². The Labute approximate surface area is 146 Å². The van der Waals surface area contributed by atoms with Gasteiger partial charge in [0.1, 0.15) is 0 Å². The Hall–Kier alpha value is -0.380. The molecule has 3 heteroatoms. The van der Waals surface area contributed by atoms with E-state index in [0.717, 1.165) is 51.4 Å². The van der Waals surface area contributed by atoms with Gasteiger partial charge in [0.25, 0.3) is 0 Å². The first kappa shape index (κ1) is 17.1.